The third-order valence-electron chi connectivity index (χ3n) is 5.24. The molecule has 1 aliphatic rings. The summed E-state index contributed by atoms with van der Waals surface area (Å²) in [7, 11) is 0. The lowest BCUT2D eigenvalue weighted by atomic mass is 9.99. The van der Waals surface area contributed by atoms with Crippen LogP contribution in [0.3, 0.4) is 0 Å². The predicted molar refractivity (Wildman–Crippen MR) is 110 cm³/mol. The van der Waals surface area contributed by atoms with E-state index in [1.54, 1.807) is 29.1 Å². The topological polar surface area (TPSA) is 69.0 Å². The molecule has 29 heavy (non-hydrogen) atoms. The van der Waals surface area contributed by atoms with Crippen molar-refractivity contribution >= 4 is 5.95 Å². The Morgan fingerprint density at radius 3 is 2.90 bits per heavy atom. The van der Waals surface area contributed by atoms with Crippen LogP contribution in [0.1, 0.15) is 30.2 Å². The van der Waals surface area contributed by atoms with Crippen LogP contribution in [0.5, 0.6) is 5.75 Å². The third-order valence-corrected chi connectivity index (χ3v) is 5.24. The molecule has 0 aliphatic carbocycles. The number of hydrogen-bond acceptors (Lipinski definition) is 5. The number of anilines is 1. The standard InChI is InChI=1S/C22H23FN4O2/c1-3-27-21(28)18(15-6-4-10-24-14(15)2)13-26-22(27)25-12-17-16-7-5-11-29-20(16)9-8-19(17)23/h4,6,8-10,13H,3,5,7,11-12H2,1-2H3,(H,25,26). The van der Waals surface area contributed by atoms with Crippen LogP contribution in [0.25, 0.3) is 11.1 Å². The molecule has 3 heterocycles. The fraction of sp³-hybridized carbons (Fsp3) is 0.318. The number of pyridine rings is 1. The van der Waals surface area contributed by atoms with Gasteiger partial charge in [-0.3, -0.25) is 14.3 Å². The number of ether oxygens (including phenoxy) is 1. The number of fused-ring (bicyclic) bond motifs is 1. The van der Waals surface area contributed by atoms with Crippen molar-refractivity contribution in [1.29, 1.82) is 0 Å². The van der Waals surface area contributed by atoms with Gasteiger partial charge in [0, 0.05) is 47.9 Å². The number of nitrogens with zero attached hydrogens (tertiary/aromatic N) is 3. The van der Waals surface area contributed by atoms with E-state index in [2.05, 4.69) is 15.3 Å². The Hall–Kier alpha value is -3.22. The Labute approximate surface area is 168 Å². The average Bonchev–Trinajstić information content (AvgIpc) is 2.74. The van der Waals surface area contributed by atoms with Crippen LogP contribution in [0.15, 0.2) is 41.5 Å². The van der Waals surface area contributed by atoms with Crippen molar-refractivity contribution in [1.82, 2.24) is 14.5 Å². The minimum Gasteiger partial charge on any atom is -0.493 e. The molecule has 4 rings (SSSR count). The van der Waals surface area contributed by atoms with E-state index in [1.807, 2.05) is 19.9 Å². The summed E-state index contributed by atoms with van der Waals surface area (Å²) >= 11 is 0. The summed E-state index contributed by atoms with van der Waals surface area (Å²) in [5.74, 6) is 0.865. The molecular formula is C22H23FN4O2. The second-order valence-electron chi connectivity index (χ2n) is 6.99. The van der Waals surface area contributed by atoms with E-state index in [0.717, 1.165) is 35.4 Å². The molecule has 0 bridgehead atoms. The summed E-state index contributed by atoms with van der Waals surface area (Å²) < 4.78 is 21.7. The highest BCUT2D eigenvalue weighted by Gasteiger charge is 2.19. The molecule has 1 N–H and O–H groups in total. The molecule has 0 radical (unpaired) electrons. The fourth-order valence-corrected chi connectivity index (χ4v) is 3.72. The molecule has 0 saturated heterocycles. The van der Waals surface area contributed by atoms with E-state index >= 15 is 0 Å². The van der Waals surface area contributed by atoms with E-state index in [0.29, 0.717) is 30.2 Å². The van der Waals surface area contributed by atoms with Crippen molar-refractivity contribution in [3.63, 3.8) is 0 Å². The van der Waals surface area contributed by atoms with Crippen LogP contribution in [0, 0.1) is 12.7 Å². The molecule has 0 unspecified atom stereocenters. The largest absolute Gasteiger partial charge is 0.493 e. The Bertz CT molecular complexity index is 1110. The van der Waals surface area contributed by atoms with Gasteiger partial charge in [0.25, 0.3) is 5.56 Å². The molecule has 0 saturated carbocycles. The zero-order valence-electron chi connectivity index (χ0n) is 16.5. The molecule has 150 valence electrons. The summed E-state index contributed by atoms with van der Waals surface area (Å²) in [6.07, 6.45) is 4.89. The maximum Gasteiger partial charge on any atom is 0.262 e. The molecule has 6 nitrogen and oxygen atoms in total. The van der Waals surface area contributed by atoms with Gasteiger partial charge >= 0.3 is 0 Å². The van der Waals surface area contributed by atoms with Gasteiger partial charge < -0.3 is 10.1 Å². The maximum absolute atomic E-state index is 14.5. The SMILES string of the molecule is CCn1c(NCc2c(F)ccc3c2CCCO3)ncc(-c2cccnc2C)c1=O. The number of rotatable bonds is 5. The molecule has 0 amide bonds. The summed E-state index contributed by atoms with van der Waals surface area (Å²) in [4.78, 5) is 21.8. The second-order valence-corrected chi connectivity index (χ2v) is 6.99. The van der Waals surface area contributed by atoms with E-state index in [4.69, 9.17) is 4.74 Å². The van der Waals surface area contributed by atoms with Crippen LogP contribution in [-0.2, 0) is 19.5 Å². The van der Waals surface area contributed by atoms with Crippen molar-refractivity contribution in [2.45, 2.75) is 39.8 Å². The van der Waals surface area contributed by atoms with Crippen molar-refractivity contribution in [2.75, 3.05) is 11.9 Å². The number of hydrogen-bond donors (Lipinski definition) is 1. The number of aryl methyl sites for hydroxylation is 1. The molecule has 0 spiro atoms. The first-order valence-corrected chi connectivity index (χ1v) is 9.79. The molecule has 2 aromatic heterocycles. The molecule has 0 atom stereocenters. The lowest BCUT2D eigenvalue weighted by Crippen LogP contribution is -2.26. The quantitative estimate of drug-likeness (QED) is 0.714. The Morgan fingerprint density at radius 2 is 2.10 bits per heavy atom. The van der Waals surface area contributed by atoms with Crippen molar-refractivity contribution in [3.8, 4) is 16.9 Å². The van der Waals surface area contributed by atoms with Crippen LogP contribution in [0.4, 0.5) is 10.3 Å². The average molecular weight is 394 g/mol. The highest BCUT2D eigenvalue weighted by Crippen LogP contribution is 2.30. The van der Waals surface area contributed by atoms with Crippen LogP contribution < -0.4 is 15.6 Å². The normalized spacial score (nSPS) is 12.9. The van der Waals surface area contributed by atoms with E-state index in [1.165, 1.54) is 6.07 Å². The van der Waals surface area contributed by atoms with Crippen molar-refractivity contribution in [3.05, 3.63) is 69.7 Å². The predicted octanol–water partition coefficient (Wildman–Crippen LogP) is 3.71. The lowest BCUT2D eigenvalue weighted by Gasteiger charge is -2.21. The monoisotopic (exact) mass is 394 g/mol. The van der Waals surface area contributed by atoms with Crippen molar-refractivity contribution in [2.24, 2.45) is 0 Å². The van der Waals surface area contributed by atoms with Crippen LogP contribution in [-0.4, -0.2) is 21.1 Å². The summed E-state index contributed by atoms with van der Waals surface area (Å²) in [6.45, 7) is 5.07. The van der Waals surface area contributed by atoms with Gasteiger partial charge in [-0.25, -0.2) is 9.37 Å². The molecule has 7 heteroatoms. The van der Waals surface area contributed by atoms with Crippen LogP contribution in [0.2, 0.25) is 0 Å². The Balaban J connectivity index is 1.67. The van der Waals surface area contributed by atoms with Gasteiger partial charge in [-0.15, -0.1) is 0 Å². The zero-order valence-corrected chi connectivity index (χ0v) is 16.5. The molecule has 0 fully saturated rings. The first-order chi connectivity index (χ1) is 14.1. The number of aromatic nitrogens is 3. The van der Waals surface area contributed by atoms with Gasteiger partial charge in [0.05, 0.1) is 12.2 Å². The molecule has 3 aromatic rings. The zero-order chi connectivity index (χ0) is 20.4. The van der Waals surface area contributed by atoms with Gasteiger partial charge in [-0.05, 0) is 44.9 Å². The first-order valence-electron chi connectivity index (χ1n) is 9.79. The minimum absolute atomic E-state index is 0.153. The Kier molecular flexibility index (Phi) is 5.29. The summed E-state index contributed by atoms with van der Waals surface area (Å²) in [6, 6.07) is 6.77. The van der Waals surface area contributed by atoms with Crippen molar-refractivity contribution < 1.29 is 9.13 Å². The van der Waals surface area contributed by atoms with E-state index in [-0.39, 0.29) is 17.9 Å². The first kappa shape index (κ1) is 19.1. The van der Waals surface area contributed by atoms with Gasteiger partial charge in [-0.2, -0.15) is 0 Å². The lowest BCUT2D eigenvalue weighted by molar-refractivity contribution is 0.286. The van der Waals surface area contributed by atoms with E-state index < -0.39 is 0 Å². The van der Waals surface area contributed by atoms with Gasteiger partial charge in [0.1, 0.15) is 11.6 Å². The Morgan fingerprint density at radius 1 is 1.24 bits per heavy atom. The number of nitrogens with one attached hydrogen (secondary N) is 1. The highest BCUT2D eigenvalue weighted by atomic mass is 19.1. The summed E-state index contributed by atoms with van der Waals surface area (Å²) in [5.41, 5.74) is 3.33. The molecule has 1 aliphatic heterocycles. The van der Waals surface area contributed by atoms with E-state index in [9.17, 15) is 9.18 Å². The molecule has 1 aromatic carbocycles. The smallest absolute Gasteiger partial charge is 0.262 e. The van der Waals surface area contributed by atoms with Crippen LogP contribution >= 0.6 is 0 Å². The van der Waals surface area contributed by atoms with Gasteiger partial charge in [-0.1, -0.05) is 6.07 Å². The second kappa shape index (κ2) is 8.03. The number of halogens is 1. The highest BCUT2D eigenvalue weighted by molar-refractivity contribution is 5.64. The maximum atomic E-state index is 14.5. The molecular weight excluding hydrogens is 371 g/mol. The van der Waals surface area contributed by atoms with Gasteiger partial charge in [0.15, 0.2) is 0 Å². The van der Waals surface area contributed by atoms with Gasteiger partial charge in [0.2, 0.25) is 5.95 Å². The third kappa shape index (κ3) is 3.60. The fourth-order valence-electron chi connectivity index (χ4n) is 3.72. The minimum atomic E-state index is -0.283. The summed E-state index contributed by atoms with van der Waals surface area (Å²) in [5, 5.41) is 3.15. The number of benzene rings is 1.